The predicted molar refractivity (Wildman–Crippen MR) is 91.0 cm³/mol. The van der Waals surface area contributed by atoms with Gasteiger partial charge in [0.05, 0.1) is 32.2 Å². The topological polar surface area (TPSA) is 81.0 Å². The summed E-state index contributed by atoms with van der Waals surface area (Å²) in [6.07, 6.45) is 5.38. The van der Waals surface area contributed by atoms with Gasteiger partial charge in [0, 0.05) is 18.0 Å². The van der Waals surface area contributed by atoms with Crippen molar-refractivity contribution in [3.05, 3.63) is 36.4 Å². The smallest absolute Gasteiger partial charge is 0.249 e. The molecule has 1 aromatic heterocycles. The van der Waals surface area contributed by atoms with Crippen molar-refractivity contribution >= 4 is 17.6 Å². The molecule has 4 rings (SSSR count). The van der Waals surface area contributed by atoms with E-state index in [9.17, 15) is 4.79 Å². The summed E-state index contributed by atoms with van der Waals surface area (Å²) in [4.78, 5) is 22.4. The first kappa shape index (κ1) is 15.5. The van der Waals surface area contributed by atoms with Crippen molar-refractivity contribution in [2.24, 2.45) is 4.99 Å². The zero-order valence-electron chi connectivity index (χ0n) is 14.1. The Hall–Kier alpha value is -3.03. The normalized spacial score (nSPS) is 18.3. The molecular weight excluding hydrogens is 322 g/mol. The van der Waals surface area contributed by atoms with E-state index < -0.39 is 0 Å². The van der Waals surface area contributed by atoms with E-state index in [1.54, 1.807) is 19.6 Å². The summed E-state index contributed by atoms with van der Waals surface area (Å²) >= 11 is 0. The predicted octanol–water partition coefficient (Wildman–Crippen LogP) is 1.29. The molecule has 1 atom stereocenters. The second kappa shape index (κ2) is 6.12. The molecule has 0 spiro atoms. The van der Waals surface area contributed by atoms with Crippen molar-refractivity contribution in [2.75, 3.05) is 13.7 Å². The maximum atomic E-state index is 11.9. The van der Waals surface area contributed by atoms with E-state index in [1.807, 2.05) is 34.7 Å². The van der Waals surface area contributed by atoms with Crippen molar-refractivity contribution in [1.82, 2.24) is 19.8 Å². The van der Waals surface area contributed by atoms with Gasteiger partial charge >= 0.3 is 0 Å². The molecule has 1 aromatic carbocycles. The summed E-state index contributed by atoms with van der Waals surface area (Å²) in [7, 11) is 1.62. The van der Waals surface area contributed by atoms with E-state index in [-0.39, 0.29) is 11.9 Å². The molecule has 1 N–H and O–H groups in total. The molecule has 1 unspecified atom stereocenters. The van der Waals surface area contributed by atoms with Crippen LogP contribution in [0.2, 0.25) is 0 Å². The molecular formula is C17H19N5O3. The molecule has 8 nitrogen and oxygen atoms in total. The highest BCUT2D eigenvalue weighted by Crippen LogP contribution is 2.41. The van der Waals surface area contributed by atoms with Crippen LogP contribution in [0, 0.1) is 0 Å². The number of methoxy groups -OCH3 is 1. The number of benzene rings is 1. The third kappa shape index (κ3) is 2.69. The van der Waals surface area contributed by atoms with Crippen LogP contribution in [0.4, 0.5) is 5.69 Å². The Bertz CT molecular complexity index is 831. The molecule has 8 heteroatoms. The molecule has 25 heavy (non-hydrogen) atoms. The highest BCUT2D eigenvalue weighted by Gasteiger charge is 2.37. The first-order valence-corrected chi connectivity index (χ1v) is 8.12. The number of carbonyl (C=O) groups is 1. The lowest BCUT2D eigenvalue weighted by Crippen LogP contribution is -2.35. The van der Waals surface area contributed by atoms with Crippen LogP contribution in [-0.2, 0) is 17.9 Å². The van der Waals surface area contributed by atoms with Gasteiger partial charge in [0.15, 0.2) is 11.5 Å². The number of nitrogens with one attached hydrogen (secondary N) is 1. The first-order chi connectivity index (χ1) is 12.2. The van der Waals surface area contributed by atoms with E-state index >= 15 is 0 Å². The minimum atomic E-state index is -0.248. The number of nitrogens with zero attached hydrogens (tertiary/aromatic N) is 4. The van der Waals surface area contributed by atoms with Gasteiger partial charge in [-0.2, -0.15) is 0 Å². The molecule has 0 bridgehead atoms. The summed E-state index contributed by atoms with van der Waals surface area (Å²) < 4.78 is 13.4. The van der Waals surface area contributed by atoms with Crippen LogP contribution in [0.1, 0.15) is 12.5 Å². The molecule has 1 fully saturated rings. The molecule has 0 aliphatic carbocycles. The fraction of sp³-hybridized carbons (Fsp3) is 0.353. The van der Waals surface area contributed by atoms with E-state index in [1.165, 1.54) is 0 Å². The van der Waals surface area contributed by atoms with Gasteiger partial charge in [-0.15, -0.1) is 0 Å². The highest BCUT2D eigenvalue weighted by molar-refractivity contribution is 6.07. The Morgan fingerprint density at radius 1 is 1.40 bits per heavy atom. The van der Waals surface area contributed by atoms with E-state index in [0.717, 1.165) is 11.3 Å². The number of imidazole rings is 1. The third-order valence-electron chi connectivity index (χ3n) is 4.48. The van der Waals surface area contributed by atoms with Crippen molar-refractivity contribution in [1.29, 1.82) is 0 Å². The van der Waals surface area contributed by atoms with E-state index in [0.29, 0.717) is 37.2 Å². The molecule has 0 radical (unpaired) electrons. The van der Waals surface area contributed by atoms with Gasteiger partial charge in [0.25, 0.3) is 0 Å². The number of hydrogen-bond donors (Lipinski definition) is 1. The molecule has 2 aromatic rings. The van der Waals surface area contributed by atoms with E-state index in [2.05, 4.69) is 15.3 Å². The highest BCUT2D eigenvalue weighted by atomic mass is 16.5. The summed E-state index contributed by atoms with van der Waals surface area (Å²) in [5, 5.41) is 2.80. The number of aromatic nitrogens is 2. The molecule has 130 valence electrons. The van der Waals surface area contributed by atoms with Crippen molar-refractivity contribution < 1.29 is 14.3 Å². The second-order valence-electron chi connectivity index (χ2n) is 5.97. The summed E-state index contributed by atoms with van der Waals surface area (Å²) in [6, 6.07) is 3.50. The minimum absolute atomic E-state index is 0.0395. The molecule has 1 amide bonds. The fourth-order valence-electron chi connectivity index (χ4n) is 3.07. The summed E-state index contributed by atoms with van der Waals surface area (Å²) in [5.41, 5.74) is 1.72. The first-order valence-electron chi connectivity index (χ1n) is 8.12. The lowest BCUT2D eigenvalue weighted by Gasteiger charge is -2.28. The zero-order chi connectivity index (χ0) is 17.4. The summed E-state index contributed by atoms with van der Waals surface area (Å²) in [6.45, 7) is 3.61. The van der Waals surface area contributed by atoms with Crippen LogP contribution in [0.15, 0.2) is 35.8 Å². The van der Waals surface area contributed by atoms with Crippen molar-refractivity contribution in [3.63, 3.8) is 0 Å². The fourth-order valence-corrected chi connectivity index (χ4v) is 3.07. The maximum Gasteiger partial charge on any atom is 0.249 e. The standard InChI is InChI=1S/C17H19N5O3/c1-11-16(23)20-17-19-13-3-4-14(15(24-2)12(13)9-22(11)17)25-8-7-21-6-5-18-10-21/h3-6,10-11H,7-9H2,1-2H3,(H,19,20,23). The van der Waals surface area contributed by atoms with Crippen LogP contribution in [0.3, 0.4) is 0 Å². The number of fused-ring (bicyclic) bond motifs is 2. The monoisotopic (exact) mass is 341 g/mol. The third-order valence-corrected chi connectivity index (χ3v) is 4.48. The van der Waals surface area contributed by atoms with Crippen LogP contribution in [0.5, 0.6) is 11.5 Å². The maximum absolute atomic E-state index is 11.9. The van der Waals surface area contributed by atoms with Crippen LogP contribution < -0.4 is 14.8 Å². The SMILES string of the molecule is COc1c(OCCn2ccnc2)ccc2c1CN1C(=N2)NC(=O)C1C. The minimum Gasteiger partial charge on any atom is -0.492 e. The van der Waals surface area contributed by atoms with Gasteiger partial charge in [-0.1, -0.05) is 0 Å². The number of carbonyl (C=O) groups excluding carboxylic acids is 1. The Morgan fingerprint density at radius 2 is 2.28 bits per heavy atom. The lowest BCUT2D eigenvalue weighted by molar-refractivity contribution is -0.121. The number of aliphatic imine (C=N–C) groups is 1. The van der Waals surface area contributed by atoms with Crippen LogP contribution >= 0.6 is 0 Å². The Morgan fingerprint density at radius 3 is 3.04 bits per heavy atom. The average Bonchev–Trinajstić information content (AvgIpc) is 3.22. The van der Waals surface area contributed by atoms with Gasteiger partial charge < -0.3 is 18.9 Å². The Balaban J connectivity index is 1.57. The van der Waals surface area contributed by atoms with Crippen molar-refractivity contribution in [2.45, 2.75) is 26.1 Å². The lowest BCUT2D eigenvalue weighted by atomic mass is 10.1. The van der Waals surface area contributed by atoms with Gasteiger partial charge in [0.2, 0.25) is 11.9 Å². The quantitative estimate of drug-likeness (QED) is 0.886. The number of rotatable bonds is 5. The average molecular weight is 341 g/mol. The number of amides is 1. The van der Waals surface area contributed by atoms with Gasteiger partial charge in [-0.3, -0.25) is 10.1 Å². The molecule has 0 saturated carbocycles. The Kier molecular flexibility index (Phi) is 3.79. The molecule has 2 aliphatic heterocycles. The van der Waals surface area contributed by atoms with Gasteiger partial charge in [-0.05, 0) is 19.1 Å². The van der Waals surface area contributed by atoms with Gasteiger partial charge in [0.1, 0.15) is 12.6 Å². The molecule has 2 aliphatic rings. The van der Waals surface area contributed by atoms with Crippen molar-refractivity contribution in [3.8, 4) is 11.5 Å². The Labute approximate surface area is 145 Å². The van der Waals surface area contributed by atoms with E-state index in [4.69, 9.17) is 9.47 Å². The molecule has 3 heterocycles. The number of ether oxygens (including phenoxy) is 2. The van der Waals surface area contributed by atoms with Crippen LogP contribution in [-0.4, -0.2) is 46.1 Å². The van der Waals surface area contributed by atoms with Gasteiger partial charge in [-0.25, -0.2) is 9.98 Å². The zero-order valence-corrected chi connectivity index (χ0v) is 14.1. The number of hydrogen-bond acceptors (Lipinski definition) is 6. The largest absolute Gasteiger partial charge is 0.492 e. The van der Waals surface area contributed by atoms with Crippen LogP contribution in [0.25, 0.3) is 0 Å². The summed E-state index contributed by atoms with van der Waals surface area (Å²) in [5.74, 6) is 1.90. The number of guanidine groups is 1. The molecule has 1 saturated heterocycles. The second-order valence-corrected chi connectivity index (χ2v) is 5.97.